The van der Waals surface area contributed by atoms with Gasteiger partial charge < -0.3 is 45.7 Å². The summed E-state index contributed by atoms with van der Waals surface area (Å²) in [5.74, 6) is -1.66. The molecule has 0 bridgehead atoms. The van der Waals surface area contributed by atoms with E-state index in [1.54, 1.807) is 0 Å². The molecule has 7 atom stereocenters. The van der Waals surface area contributed by atoms with Gasteiger partial charge in [-0.1, -0.05) is 60.7 Å². The van der Waals surface area contributed by atoms with Crippen LogP contribution in [0.25, 0.3) is 11.2 Å². The Hall–Kier alpha value is -5.08. The van der Waals surface area contributed by atoms with Crippen LogP contribution in [0.4, 0.5) is 29.7 Å². The summed E-state index contributed by atoms with van der Waals surface area (Å²) in [7, 11) is 0. The van der Waals surface area contributed by atoms with Gasteiger partial charge in [-0.2, -0.15) is 28.6 Å². The maximum atomic E-state index is 12.4. The second-order valence-electron chi connectivity index (χ2n) is 13.6. The molecule has 0 aliphatic carbocycles. The van der Waals surface area contributed by atoms with Gasteiger partial charge in [-0.25, -0.2) is 14.6 Å². The molecule has 7 rings (SSSR count). The fraction of sp³-hybridized carbons (Fsp3) is 0.457. The van der Waals surface area contributed by atoms with Gasteiger partial charge in [-0.15, -0.1) is 0 Å². The molecule has 3 saturated heterocycles. The minimum absolute atomic E-state index is 0.0478. The van der Waals surface area contributed by atoms with Crippen molar-refractivity contribution in [3.05, 3.63) is 78.1 Å². The average Bonchev–Trinajstić information content (AvgIpc) is 3.98. The Labute approximate surface area is 306 Å². The van der Waals surface area contributed by atoms with Crippen molar-refractivity contribution in [1.82, 2.24) is 35.6 Å². The monoisotopic (exact) mass is 755 g/mol. The molecule has 5 heterocycles. The molecule has 16 nitrogen and oxygen atoms in total. The lowest BCUT2D eigenvalue weighted by Gasteiger charge is -2.23. The number of amides is 2. The van der Waals surface area contributed by atoms with Crippen LogP contribution in [0.5, 0.6) is 0 Å². The minimum atomic E-state index is -5.24. The quantitative estimate of drug-likeness (QED) is 0.115. The fourth-order valence-electron chi connectivity index (χ4n) is 7.36. The highest BCUT2D eigenvalue weighted by atomic mass is 19.4. The molecule has 7 N–H and O–H groups in total. The Morgan fingerprint density at radius 2 is 1.74 bits per heavy atom. The summed E-state index contributed by atoms with van der Waals surface area (Å²) in [4.78, 5) is 43.2. The third kappa shape index (κ3) is 7.90. The van der Waals surface area contributed by atoms with Crippen LogP contribution in [0.1, 0.15) is 36.1 Å². The molecule has 288 valence electrons. The second-order valence-corrected chi connectivity index (χ2v) is 13.6. The number of nitrogens with one attached hydrogen (secondary N) is 4. The lowest BCUT2D eigenvalue weighted by molar-refractivity contribution is -0.204. The Morgan fingerprint density at radius 1 is 1.04 bits per heavy atom. The zero-order chi connectivity index (χ0) is 38.0. The summed E-state index contributed by atoms with van der Waals surface area (Å²) >= 11 is 0. The number of carbonyl (C=O) groups excluding carboxylic acids is 2. The zero-order valence-corrected chi connectivity index (χ0v) is 28.8. The molecule has 3 fully saturated rings. The molecule has 2 aromatic heterocycles. The molecule has 3 aliphatic rings. The number of hydrogen-bond donors (Lipinski definition) is 7. The van der Waals surface area contributed by atoms with E-state index in [-0.39, 0.29) is 17.9 Å². The SMILES string of the molecule is O=C(NOC(=O)C(F)(F)F)N[C@H]1CNC(C2CCN(c3nc(NCC(c4ccccc4)c4ccccc4)c4ncn(C5O[C@H](CO)[C@@H](O)C5O)c4n3)C2)C1. The second kappa shape index (κ2) is 15.7. The van der Waals surface area contributed by atoms with Gasteiger partial charge in [0.25, 0.3) is 0 Å². The first kappa shape index (κ1) is 37.2. The number of halogens is 3. The number of aromatic nitrogens is 4. The van der Waals surface area contributed by atoms with E-state index in [1.165, 1.54) is 16.4 Å². The number of alkyl halides is 3. The molecule has 4 unspecified atom stereocenters. The van der Waals surface area contributed by atoms with Crippen molar-refractivity contribution in [3.8, 4) is 0 Å². The van der Waals surface area contributed by atoms with E-state index < -0.39 is 55.4 Å². The molecule has 0 saturated carbocycles. The van der Waals surface area contributed by atoms with Gasteiger partial charge in [-0.05, 0) is 29.9 Å². The molecule has 2 amide bonds. The van der Waals surface area contributed by atoms with Crippen LogP contribution in [0.2, 0.25) is 0 Å². The normalized spacial score (nSPS) is 25.7. The Bertz CT molecular complexity index is 1880. The molecule has 54 heavy (non-hydrogen) atoms. The molecule has 19 heteroatoms. The van der Waals surface area contributed by atoms with E-state index in [0.717, 1.165) is 17.5 Å². The molecule has 0 spiro atoms. The zero-order valence-electron chi connectivity index (χ0n) is 28.8. The summed E-state index contributed by atoms with van der Waals surface area (Å²) in [6, 6.07) is 18.6. The Balaban J connectivity index is 1.10. The number of hydrogen-bond acceptors (Lipinski definition) is 13. The number of aliphatic hydroxyl groups is 3. The maximum absolute atomic E-state index is 12.4. The first-order chi connectivity index (χ1) is 26.0. The van der Waals surface area contributed by atoms with Gasteiger partial charge >= 0.3 is 18.2 Å². The van der Waals surface area contributed by atoms with Crippen molar-refractivity contribution in [3.63, 3.8) is 0 Å². The lowest BCUT2D eigenvalue weighted by atomic mass is 9.91. The summed E-state index contributed by atoms with van der Waals surface area (Å²) in [6.45, 7) is 1.42. The van der Waals surface area contributed by atoms with Crippen LogP contribution in [-0.2, 0) is 14.4 Å². The van der Waals surface area contributed by atoms with Crippen molar-refractivity contribution in [2.45, 2.75) is 61.6 Å². The van der Waals surface area contributed by atoms with Crippen molar-refractivity contribution in [1.29, 1.82) is 0 Å². The van der Waals surface area contributed by atoms with Crippen LogP contribution < -0.4 is 26.3 Å². The number of aliphatic hydroxyl groups excluding tert-OH is 3. The van der Waals surface area contributed by atoms with Crippen molar-refractivity contribution in [2.75, 3.05) is 43.0 Å². The summed E-state index contributed by atoms with van der Waals surface area (Å²) < 4.78 is 44.6. The van der Waals surface area contributed by atoms with E-state index in [4.69, 9.17) is 14.7 Å². The number of benzene rings is 2. The number of anilines is 2. The van der Waals surface area contributed by atoms with Crippen LogP contribution in [0.3, 0.4) is 0 Å². The number of urea groups is 1. The van der Waals surface area contributed by atoms with Crippen LogP contribution in [-0.4, -0.2) is 116 Å². The third-order valence-corrected chi connectivity index (χ3v) is 10.1. The fourth-order valence-corrected chi connectivity index (χ4v) is 7.36. The van der Waals surface area contributed by atoms with Crippen LogP contribution >= 0.6 is 0 Å². The first-order valence-electron chi connectivity index (χ1n) is 17.5. The summed E-state index contributed by atoms with van der Waals surface area (Å²) in [5, 5.41) is 40.5. The van der Waals surface area contributed by atoms with Gasteiger partial charge in [0.2, 0.25) is 5.95 Å². The predicted molar refractivity (Wildman–Crippen MR) is 186 cm³/mol. The highest BCUT2D eigenvalue weighted by Gasteiger charge is 2.45. The van der Waals surface area contributed by atoms with E-state index in [2.05, 4.69) is 50.0 Å². The number of ether oxygens (including phenoxy) is 1. The molecule has 4 aromatic rings. The number of rotatable bonds is 10. The number of hydroxylamine groups is 1. The van der Waals surface area contributed by atoms with E-state index in [9.17, 15) is 38.1 Å². The number of imidazole rings is 1. The largest absolute Gasteiger partial charge is 0.493 e. The summed E-state index contributed by atoms with van der Waals surface area (Å²) in [5.41, 5.74) is 4.43. The van der Waals surface area contributed by atoms with Crippen LogP contribution in [0, 0.1) is 5.92 Å². The Kier molecular flexibility index (Phi) is 10.8. The van der Waals surface area contributed by atoms with Gasteiger partial charge in [0.05, 0.1) is 12.9 Å². The van der Waals surface area contributed by atoms with Gasteiger partial charge in [0.15, 0.2) is 23.2 Å². The maximum Gasteiger partial charge on any atom is 0.493 e. The van der Waals surface area contributed by atoms with Crippen molar-refractivity contribution in [2.24, 2.45) is 5.92 Å². The highest BCUT2D eigenvalue weighted by Crippen LogP contribution is 2.35. The molecule has 0 radical (unpaired) electrons. The molecule has 2 aromatic carbocycles. The number of carbonyl (C=O) groups is 2. The van der Waals surface area contributed by atoms with Crippen LogP contribution in [0.15, 0.2) is 67.0 Å². The lowest BCUT2D eigenvalue weighted by Crippen LogP contribution is -2.45. The van der Waals surface area contributed by atoms with Gasteiger partial charge in [0, 0.05) is 44.2 Å². The molecule has 3 aliphatic heterocycles. The topological polar surface area (TPSA) is 208 Å². The Morgan fingerprint density at radius 3 is 2.39 bits per heavy atom. The average molecular weight is 756 g/mol. The predicted octanol–water partition coefficient (Wildman–Crippen LogP) is 1.56. The van der Waals surface area contributed by atoms with Crippen molar-refractivity contribution < 1.29 is 47.7 Å². The smallest absolute Gasteiger partial charge is 0.394 e. The highest BCUT2D eigenvalue weighted by molar-refractivity contribution is 5.84. The standard InChI is InChI=1S/C35H40F3N9O7/c36-35(37,38)32(51)54-45-34(52)42-22-13-24(39-14-22)21-11-12-46(16-21)33-43-29(40-15-23(19-7-3-1-4-8-19)20-9-5-2-6-10-20)26-30(44-33)47(18-41-26)31-28(50)27(49)25(17-48)53-31/h1-10,18,21-25,27-28,31,39,48-50H,11-17H2,(H,40,43,44)(H2,42,45,52)/t21?,22-,24?,25-,27-,28?,31?/m1/s1. The van der Waals surface area contributed by atoms with Gasteiger partial charge in [0.1, 0.15) is 18.3 Å². The van der Waals surface area contributed by atoms with E-state index >= 15 is 0 Å². The van der Waals surface area contributed by atoms with Gasteiger partial charge in [-0.3, -0.25) is 4.57 Å². The van der Waals surface area contributed by atoms with Crippen molar-refractivity contribution >= 4 is 34.9 Å². The minimum Gasteiger partial charge on any atom is -0.394 e. The molecular formula is C35H40F3N9O7. The summed E-state index contributed by atoms with van der Waals surface area (Å²) in [6.07, 6.45) is -7.33. The first-order valence-corrected chi connectivity index (χ1v) is 17.5. The third-order valence-electron chi connectivity index (χ3n) is 10.1. The number of nitrogens with zero attached hydrogens (tertiary/aromatic N) is 5. The van der Waals surface area contributed by atoms with E-state index in [0.29, 0.717) is 55.5 Å². The molecular weight excluding hydrogens is 715 g/mol. The van der Waals surface area contributed by atoms with E-state index in [1.807, 2.05) is 41.3 Å². The number of fused-ring (bicyclic) bond motifs is 1.